The van der Waals surface area contributed by atoms with Gasteiger partial charge in [-0.3, -0.25) is 4.79 Å². The normalized spacial score (nSPS) is 11.4. The second-order valence-corrected chi connectivity index (χ2v) is 7.49. The summed E-state index contributed by atoms with van der Waals surface area (Å²) in [6.45, 7) is 3.53. The summed E-state index contributed by atoms with van der Waals surface area (Å²) in [4.78, 5) is 16.1. The molecule has 7 heteroatoms. The molecule has 26 heavy (non-hydrogen) atoms. The van der Waals surface area contributed by atoms with Crippen LogP contribution in [-0.4, -0.2) is 22.2 Å². The molecule has 0 atom stereocenters. The molecule has 0 aliphatic heterocycles. The predicted molar refractivity (Wildman–Crippen MR) is 95.5 cm³/mol. The van der Waals surface area contributed by atoms with Crippen molar-refractivity contribution in [3.8, 4) is 11.8 Å². The zero-order valence-corrected chi connectivity index (χ0v) is 15.0. The van der Waals surface area contributed by atoms with Gasteiger partial charge in [0.25, 0.3) is 0 Å². The second-order valence-electron chi connectivity index (χ2n) is 5.85. The fraction of sp³-hybridized carbons (Fsp3) is 0.263. The lowest BCUT2D eigenvalue weighted by Crippen LogP contribution is -2.39. The number of aromatic nitrogens is 1. The summed E-state index contributed by atoms with van der Waals surface area (Å²) < 4.78 is 36.8. The third kappa shape index (κ3) is 5.81. The van der Waals surface area contributed by atoms with Gasteiger partial charge in [-0.1, -0.05) is 41.8 Å². The van der Waals surface area contributed by atoms with Crippen LogP contribution < -0.4 is 5.32 Å². The smallest absolute Gasteiger partial charge is 0.344 e. The molecule has 2 aromatic rings. The number of rotatable bonds is 4. The highest BCUT2D eigenvalue weighted by atomic mass is 32.2. The van der Waals surface area contributed by atoms with Crippen LogP contribution in [0.5, 0.6) is 0 Å². The number of thioether (sulfide) groups is 1. The van der Waals surface area contributed by atoms with Gasteiger partial charge in [0.15, 0.2) is 0 Å². The first-order chi connectivity index (χ1) is 12.2. The van der Waals surface area contributed by atoms with E-state index in [0.29, 0.717) is 5.03 Å². The lowest BCUT2D eigenvalue weighted by atomic mass is 10.2. The van der Waals surface area contributed by atoms with Crippen molar-refractivity contribution < 1.29 is 18.0 Å². The van der Waals surface area contributed by atoms with Gasteiger partial charge in [-0.2, -0.15) is 13.2 Å². The van der Waals surface area contributed by atoms with Gasteiger partial charge in [0.2, 0.25) is 5.91 Å². The van der Waals surface area contributed by atoms with Crippen LogP contribution in [0.3, 0.4) is 0 Å². The highest BCUT2D eigenvalue weighted by Crippen LogP contribution is 2.33. The van der Waals surface area contributed by atoms with Gasteiger partial charge >= 0.3 is 6.18 Å². The summed E-state index contributed by atoms with van der Waals surface area (Å²) in [6.07, 6.45) is -3.66. The molecule has 0 aliphatic carbocycles. The number of benzene rings is 1. The summed E-state index contributed by atoms with van der Waals surface area (Å²) in [5.41, 5.74) is 0.0321. The van der Waals surface area contributed by atoms with Gasteiger partial charge in [-0.05, 0) is 38.1 Å². The van der Waals surface area contributed by atoms with Crippen molar-refractivity contribution in [2.45, 2.75) is 29.8 Å². The third-order valence-corrected chi connectivity index (χ3v) is 4.46. The van der Waals surface area contributed by atoms with Gasteiger partial charge < -0.3 is 5.32 Å². The number of nitrogens with zero attached hydrogens (tertiary/aromatic N) is 1. The summed E-state index contributed by atoms with van der Waals surface area (Å²) in [6, 6.07) is 11.6. The van der Waals surface area contributed by atoms with Crippen LogP contribution in [0, 0.1) is 11.8 Å². The Morgan fingerprint density at radius 2 is 1.85 bits per heavy atom. The molecule has 2 rings (SSSR count). The summed E-state index contributed by atoms with van der Waals surface area (Å²) in [7, 11) is 0. The Morgan fingerprint density at radius 1 is 1.15 bits per heavy atom. The fourth-order valence-corrected chi connectivity index (χ4v) is 2.85. The van der Waals surface area contributed by atoms with E-state index in [4.69, 9.17) is 0 Å². The first-order valence-corrected chi connectivity index (χ1v) is 8.54. The molecule has 1 N–H and O–H groups in total. The van der Waals surface area contributed by atoms with E-state index in [1.807, 2.05) is 30.3 Å². The molecule has 0 bridgehead atoms. The molecule has 0 fully saturated rings. The number of amides is 1. The molecule has 1 heterocycles. The van der Waals surface area contributed by atoms with Crippen molar-refractivity contribution in [1.82, 2.24) is 10.3 Å². The minimum atomic E-state index is -4.43. The van der Waals surface area contributed by atoms with E-state index < -0.39 is 16.5 Å². The minimum Gasteiger partial charge on any atom is -0.344 e. The topological polar surface area (TPSA) is 42.0 Å². The Balaban J connectivity index is 1.92. The molecule has 0 radical (unpaired) electrons. The van der Waals surface area contributed by atoms with Gasteiger partial charge in [0.05, 0.1) is 21.9 Å². The summed E-state index contributed by atoms with van der Waals surface area (Å²) in [5, 5.41) is 3.05. The van der Waals surface area contributed by atoms with E-state index >= 15 is 0 Å². The third-order valence-electron chi connectivity index (χ3n) is 3.31. The number of hydrogen-bond donors (Lipinski definition) is 1. The molecular weight excluding hydrogens is 361 g/mol. The Morgan fingerprint density at radius 3 is 2.42 bits per heavy atom. The maximum atomic E-state index is 12.6. The Kier molecular flexibility index (Phi) is 6.32. The number of nitrogens with one attached hydrogen (secondary N) is 1. The molecule has 0 saturated carbocycles. The zero-order chi connectivity index (χ0) is 19.2. The van der Waals surface area contributed by atoms with Crippen LogP contribution in [0.25, 0.3) is 0 Å². The first kappa shape index (κ1) is 19.9. The van der Waals surface area contributed by atoms with Crippen molar-refractivity contribution in [3.63, 3.8) is 0 Å². The van der Waals surface area contributed by atoms with E-state index in [-0.39, 0.29) is 12.5 Å². The van der Waals surface area contributed by atoms with Crippen molar-refractivity contribution in [2.75, 3.05) is 6.54 Å². The molecule has 1 amide bonds. The molecule has 0 spiro atoms. The van der Waals surface area contributed by atoms with E-state index in [1.54, 1.807) is 13.8 Å². The molecule has 3 nitrogen and oxygen atoms in total. The zero-order valence-electron chi connectivity index (χ0n) is 14.2. The molecule has 0 saturated heterocycles. The second kappa shape index (κ2) is 8.28. The van der Waals surface area contributed by atoms with Crippen molar-refractivity contribution in [2.24, 2.45) is 0 Å². The molecule has 1 aromatic carbocycles. The van der Waals surface area contributed by atoms with Crippen molar-refractivity contribution >= 4 is 17.7 Å². The minimum absolute atomic E-state index is 0.179. The summed E-state index contributed by atoms with van der Waals surface area (Å²) >= 11 is 1.09. The first-order valence-electron chi connectivity index (χ1n) is 7.73. The largest absolute Gasteiger partial charge is 0.417 e. The van der Waals surface area contributed by atoms with Crippen LogP contribution in [0.1, 0.15) is 25.0 Å². The van der Waals surface area contributed by atoms with Crippen molar-refractivity contribution in [1.29, 1.82) is 0 Å². The van der Waals surface area contributed by atoms with Crippen LogP contribution in [0.2, 0.25) is 0 Å². The average molecular weight is 378 g/mol. The highest BCUT2D eigenvalue weighted by molar-refractivity contribution is 8.01. The number of halogens is 3. The SMILES string of the molecule is CC(C)(Sc1ccc(C(F)(F)F)cn1)C(=O)NCC#Cc1ccccc1. The standard InChI is InChI=1S/C19H17F3N2OS/c1-18(2,26-16-11-10-15(13-24-16)19(20,21)22)17(25)23-12-6-9-14-7-4-3-5-8-14/h3-5,7-8,10-11,13H,12H2,1-2H3,(H,23,25). The molecule has 1 aromatic heterocycles. The Labute approximate surface area is 154 Å². The number of carbonyl (C=O) groups is 1. The lowest BCUT2D eigenvalue weighted by Gasteiger charge is -2.22. The Hall–Kier alpha value is -2.46. The number of carbonyl (C=O) groups excluding carboxylic acids is 1. The number of hydrogen-bond acceptors (Lipinski definition) is 3. The van der Waals surface area contributed by atoms with Crippen molar-refractivity contribution in [3.05, 3.63) is 59.8 Å². The Bertz CT molecular complexity index is 807. The predicted octanol–water partition coefficient (Wildman–Crippen LogP) is 4.14. The number of alkyl halides is 3. The average Bonchev–Trinajstić information content (AvgIpc) is 2.58. The number of pyridine rings is 1. The van der Waals surface area contributed by atoms with E-state index in [1.165, 1.54) is 6.07 Å². The molecule has 0 unspecified atom stereocenters. The quantitative estimate of drug-likeness (QED) is 0.642. The van der Waals surface area contributed by atoms with E-state index in [2.05, 4.69) is 22.1 Å². The van der Waals surface area contributed by atoms with Crippen LogP contribution in [0.15, 0.2) is 53.7 Å². The van der Waals surface area contributed by atoms with Gasteiger partial charge in [-0.15, -0.1) is 0 Å². The van der Waals surface area contributed by atoms with E-state index in [0.717, 1.165) is 29.6 Å². The van der Waals surface area contributed by atoms with Crippen LogP contribution >= 0.6 is 11.8 Å². The fourth-order valence-electron chi connectivity index (χ4n) is 1.92. The molecule has 136 valence electrons. The molecule has 0 aliphatic rings. The van der Waals surface area contributed by atoms with Crippen LogP contribution in [-0.2, 0) is 11.0 Å². The monoisotopic (exact) mass is 378 g/mol. The maximum Gasteiger partial charge on any atom is 0.417 e. The van der Waals surface area contributed by atoms with Gasteiger partial charge in [-0.25, -0.2) is 4.98 Å². The summed E-state index contributed by atoms with van der Waals surface area (Å²) in [5.74, 6) is 5.52. The highest BCUT2D eigenvalue weighted by Gasteiger charge is 2.32. The maximum absolute atomic E-state index is 12.6. The van der Waals surface area contributed by atoms with Gasteiger partial charge in [0, 0.05) is 11.8 Å². The van der Waals surface area contributed by atoms with E-state index in [9.17, 15) is 18.0 Å². The van der Waals surface area contributed by atoms with Crippen LogP contribution in [0.4, 0.5) is 13.2 Å². The lowest BCUT2D eigenvalue weighted by molar-refractivity contribution is -0.137. The molecular formula is C19H17F3N2OS. The van der Waals surface area contributed by atoms with Gasteiger partial charge in [0.1, 0.15) is 0 Å².